The summed E-state index contributed by atoms with van der Waals surface area (Å²) in [6.07, 6.45) is -4.59. The molecule has 0 saturated heterocycles. The summed E-state index contributed by atoms with van der Waals surface area (Å²) in [5, 5.41) is 17.0. The Kier molecular flexibility index (Phi) is 5.43. The Bertz CT molecular complexity index is 821. The molecule has 140 valence electrons. The standard InChI is InChI=1S/C14H13F3N4O5/c1-7(13-19-8(2)20-26-13)18-12(22)10-5-9(25-6-14(15,16)17)3-4-11(10)21(23)24/h3-5,7H,6H2,1-2H3,(H,18,22). The van der Waals surface area contributed by atoms with E-state index >= 15 is 0 Å². The third-order valence-electron chi connectivity index (χ3n) is 3.07. The summed E-state index contributed by atoms with van der Waals surface area (Å²) in [5.41, 5.74) is -1.05. The van der Waals surface area contributed by atoms with Gasteiger partial charge in [0.15, 0.2) is 12.4 Å². The van der Waals surface area contributed by atoms with E-state index in [1.54, 1.807) is 6.92 Å². The molecule has 1 heterocycles. The van der Waals surface area contributed by atoms with Crippen LogP contribution in [0.1, 0.15) is 35.0 Å². The molecule has 1 N–H and O–H groups in total. The second-order valence-corrected chi connectivity index (χ2v) is 5.21. The Morgan fingerprint density at radius 1 is 1.46 bits per heavy atom. The van der Waals surface area contributed by atoms with Gasteiger partial charge < -0.3 is 14.6 Å². The van der Waals surface area contributed by atoms with Crippen LogP contribution >= 0.6 is 0 Å². The lowest BCUT2D eigenvalue weighted by atomic mass is 10.1. The fraction of sp³-hybridized carbons (Fsp3) is 0.357. The molecule has 12 heteroatoms. The number of rotatable bonds is 6. The van der Waals surface area contributed by atoms with E-state index < -0.39 is 40.9 Å². The first-order chi connectivity index (χ1) is 12.1. The number of hydrogen-bond acceptors (Lipinski definition) is 7. The molecule has 0 radical (unpaired) electrons. The van der Waals surface area contributed by atoms with Crippen LogP contribution in [0.25, 0.3) is 0 Å². The maximum atomic E-state index is 12.3. The van der Waals surface area contributed by atoms with Crippen molar-refractivity contribution in [2.75, 3.05) is 6.61 Å². The molecule has 1 unspecified atom stereocenters. The average Bonchev–Trinajstić information content (AvgIpc) is 2.98. The topological polar surface area (TPSA) is 120 Å². The van der Waals surface area contributed by atoms with Crippen LogP contribution in [0.4, 0.5) is 18.9 Å². The number of nitrogens with zero attached hydrogens (tertiary/aromatic N) is 3. The number of benzene rings is 1. The van der Waals surface area contributed by atoms with Crippen molar-refractivity contribution < 1.29 is 32.1 Å². The number of aromatic nitrogens is 2. The molecule has 1 amide bonds. The number of halogens is 3. The lowest BCUT2D eigenvalue weighted by Gasteiger charge is -2.12. The highest BCUT2D eigenvalue weighted by Crippen LogP contribution is 2.26. The second-order valence-electron chi connectivity index (χ2n) is 5.21. The number of carbonyl (C=O) groups excluding carboxylic acids is 1. The Balaban J connectivity index is 2.23. The molecule has 2 rings (SSSR count). The Hall–Kier alpha value is -3.18. The van der Waals surface area contributed by atoms with Crippen LogP contribution in [0.3, 0.4) is 0 Å². The predicted octanol–water partition coefficient (Wildman–Crippen LogP) is 2.72. The van der Waals surface area contributed by atoms with Gasteiger partial charge in [0.2, 0.25) is 5.89 Å². The maximum Gasteiger partial charge on any atom is 0.422 e. The number of ether oxygens (including phenoxy) is 1. The van der Waals surface area contributed by atoms with E-state index in [0.717, 1.165) is 18.2 Å². The van der Waals surface area contributed by atoms with Gasteiger partial charge in [-0.05, 0) is 26.0 Å². The van der Waals surface area contributed by atoms with Crippen LogP contribution in [-0.4, -0.2) is 33.8 Å². The van der Waals surface area contributed by atoms with Crippen molar-refractivity contribution in [3.63, 3.8) is 0 Å². The average molecular weight is 374 g/mol. The Morgan fingerprint density at radius 3 is 2.69 bits per heavy atom. The fourth-order valence-electron chi connectivity index (χ4n) is 1.94. The summed E-state index contributed by atoms with van der Waals surface area (Å²) in [6, 6.07) is 1.96. The van der Waals surface area contributed by atoms with Gasteiger partial charge in [0, 0.05) is 6.07 Å². The zero-order chi connectivity index (χ0) is 19.5. The van der Waals surface area contributed by atoms with E-state index in [-0.39, 0.29) is 11.6 Å². The van der Waals surface area contributed by atoms with Crippen LogP contribution in [0.15, 0.2) is 22.7 Å². The second kappa shape index (κ2) is 7.37. The highest BCUT2D eigenvalue weighted by molar-refractivity contribution is 5.98. The Labute approximate surface area is 144 Å². The summed E-state index contributed by atoms with van der Waals surface area (Å²) in [7, 11) is 0. The van der Waals surface area contributed by atoms with Crippen LogP contribution in [0.5, 0.6) is 5.75 Å². The molecule has 2 aromatic rings. The first-order valence-electron chi connectivity index (χ1n) is 7.16. The molecule has 0 aliphatic heterocycles. The number of nitro groups is 1. The van der Waals surface area contributed by atoms with Gasteiger partial charge in [0.1, 0.15) is 17.4 Å². The Morgan fingerprint density at radius 2 is 2.15 bits per heavy atom. The summed E-state index contributed by atoms with van der Waals surface area (Å²) in [4.78, 5) is 26.5. The van der Waals surface area contributed by atoms with Gasteiger partial charge in [-0.15, -0.1) is 0 Å². The summed E-state index contributed by atoms with van der Waals surface area (Å²) in [5.74, 6) is -0.838. The molecule has 0 bridgehead atoms. The van der Waals surface area contributed by atoms with Crippen LogP contribution in [0.2, 0.25) is 0 Å². The number of nitro benzene ring substituents is 1. The lowest BCUT2D eigenvalue weighted by molar-refractivity contribution is -0.385. The molecule has 0 aliphatic carbocycles. The van der Waals surface area contributed by atoms with E-state index in [1.807, 2.05) is 0 Å². The van der Waals surface area contributed by atoms with E-state index in [0.29, 0.717) is 5.82 Å². The first-order valence-corrected chi connectivity index (χ1v) is 7.16. The van der Waals surface area contributed by atoms with E-state index in [1.165, 1.54) is 6.92 Å². The van der Waals surface area contributed by atoms with E-state index in [4.69, 9.17) is 4.52 Å². The molecule has 26 heavy (non-hydrogen) atoms. The molecule has 1 aromatic heterocycles. The zero-order valence-corrected chi connectivity index (χ0v) is 13.5. The van der Waals surface area contributed by atoms with Crippen molar-refractivity contribution >= 4 is 11.6 Å². The number of alkyl halides is 3. The molecule has 1 atom stereocenters. The van der Waals surface area contributed by atoms with Gasteiger partial charge in [0.25, 0.3) is 11.6 Å². The minimum Gasteiger partial charge on any atom is -0.484 e. The number of hydrogen-bond donors (Lipinski definition) is 1. The number of carbonyl (C=O) groups is 1. The fourth-order valence-corrected chi connectivity index (χ4v) is 1.94. The van der Waals surface area contributed by atoms with Crippen LogP contribution in [-0.2, 0) is 0 Å². The van der Waals surface area contributed by atoms with Crippen LogP contribution in [0, 0.1) is 17.0 Å². The smallest absolute Gasteiger partial charge is 0.422 e. The highest BCUT2D eigenvalue weighted by Gasteiger charge is 2.29. The van der Waals surface area contributed by atoms with Gasteiger partial charge in [0.05, 0.1) is 4.92 Å². The quantitative estimate of drug-likeness (QED) is 0.609. The van der Waals surface area contributed by atoms with Crippen molar-refractivity contribution in [1.29, 1.82) is 0 Å². The van der Waals surface area contributed by atoms with Gasteiger partial charge in [-0.1, -0.05) is 5.16 Å². The van der Waals surface area contributed by atoms with Crippen LogP contribution < -0.4 is 10.1 Å². The summed E-state index contributed by atoms with van der Waals surface area (Å²) < 4.78 is 46.1. The van der Waals surface area contributed by atoms with Crippen molar-refractivity contribution in [3.05, 3.63) is 45.6 Å². The van der Waals surface area contributed by atoms with Crippen molar-refractivity contribution in [3.8, 4) is 5.75 Å². The predicted molar refractivity (Wildman–Crippen MR) is 79.6 cm³/mol. The van der Waals surface area contributed by atoms with Crippen molar-refractivity contribution in [2.45, 2.75) is 26.1 Å². The summed E-state index contributed by atoms with van der Waals surface area (Å²) >= 11 is 0. The molecule has 0 saturated carbocycles. The number of amides is 1. The molecule has 9 nitrogen and oxygen atoms in total. The SMILES string of the molecule is Cc1noc(C(C)NC(=O)c2cc(OCC(F)(F)F)ccc2[N+](=O)[O-])n1. The molecule has 0 spiro atoms. The van der Waals surface area contributed by atoms with E-state index in [9.17, 15) is 28.1 Å². The van der Waals surface area contributed by atoms with Gasteiger partial charge >= 0.3 is 6.18 Å². The molecule has 0 fully saturated rings. The zero-order valence-electron chi connectivity index (χ0n) is 13.5. The molecular weight excluding hydrogens is 361 g/mol. The molecule has 1 aromatic carbocycles. The monoisotopic (exact) mass is 374 g/mol. The minimum absolute atomic E-state index is 0.0722. The van der Waals surface area contributed by atoms with Gasteiger partial charge in [-0.3, -0.25) is 14.9 Å². The molecular formula is C14H13F3N4O5. The minimum atomic E-state index is -4.59. The number of aryl methyl sites for hydroxylation is 1. The van der Waals surface area contributed by atoms with Crippen molar-refractivity contribution in [1.82, 2.24) is 15.5 Å². The maximum absolute atomic E-state index is 12.3. The first kappa shape index (κ1) is 19.1. The third kappa shape index (κ3) is 4.91. The lowest BCUT2D eigenvalue weighted by Crippen LogP contribution is -2.27. The van der Waals surface area contributed by atoms with Crippen molar-refractivity contribution in [2.24, 2.45) is 0 Å². The normalized spacial score (nSPS) is 12.5. The number of nitrogens with one attached hydrogen (secondary N) is 1. The van der Waals surface area contributed by atoms with Gasteiger partial charge in [-0.25, -0.2) is 0 Å². The highest BCUT2D eigenvalue weighted by atomic mass is 19.4. The van der Waals surface area contributed by atoms with Gasteiger partial charge in [-0.2, -0.15) is 18.2 Å². The van der Waals surface area contributed by atoms with E-state index in [2.05, 4.69) is 20.2 Å². The molecule has 0 aliphatic rings. The third-order valence-corrected chi connectivity index (χ3v) is 3.07. The largest absolute Gasteiger partial charge is 0.484 e. The summed E-state index contributed by atoms with van der Waals surface area (Å²) in [6.45, 7) is 1.47.